The van der Waals surface area contributed by atoms with Crippen molar-refractivity contribution >= 4 is 11.9 Å². The number of morpholine rings is 1. The molecule has 2 fully saturated rings. The minimum absolute atomic E-state index is 0.0160. The average molecular weight is 411 g/mol. The number of carbonyl (C=O) groups is 2. The van der Waals surface area contributed by atoms with E-state index in [2.05, 4.69) is 10.6 Å². The van der Waals surface area contributed by atoms with Gasteiger partial charge in [0, 0.05) is 26.2 Å². The summed E-state index contributed by atoms with van der Waals surface area (Å²) in [4.78, 5) is 25.8. The number of hydrogen-bond acceptors (Lipinski definition) is 6. The third-order valence-corrected chi connectivity index (χ3v) is 5.00. The minimum atomic E-state index is -1.24. The van der Waals surface area contributed by atoms with E-state index in [0.717, 1.165) is 5.56 Å². The van der Waals surface area contributed by atoms with Gasteiger partial charge in [-0.3, -0.25) is 4.79 Å². The van der Waals surface area contributed by atoms with Crippen LogP contribution in [0.2, 0.25) is 0 Å². The number of nitrogens with one attached hydrogen (secondary N) is 2. The Balaban J connectivity index is 1.42. The SMILES string of the molecule is O=C(CC1OC(CNC(=O)N2CCOCC2)C(O)C1O)NCc1ccc(F)cc1. The molecule has 1 aromatic carbocycles. The van der Waals surface area contributed by atoms with Gasteiger partial charge in [0.25, 0.3) is 0 Å². The Morgan fingerprint density at radius 2 is 1.72 bits per heavy atom. The van der Waals surface area contributed by atoms with E-state index in [-0.39, 0.29) is 37.3 Å². The molecule has 29 heavy (non-hydrogen) atoms. The highest BCUT2D eigenvalue weighted by Gasteiger charge is 2.43. The molecule has 2 aliphatic heterocycles. The normalized spacial score (nSPS) is 26.9. The molecule has 4 atom stereocenters. The van der Waals surface area contributed by atoms with Gasteiger partial charge in [0.05, 0.1) is 25.7 Å². The van der Waals surface area contributed by atoms with E-state index in [1.54, 1.807) is 17.0 Å². The lowest BCUT2D eigenvalue weighted by atomic mass is 10.1. The van der Waals surface area contributed by atoms with Crippen LogP contribution in [0, 0.1) is 5.82 Å². The van der Waals surface area contributed by atoms with Crippen LogP contribution in [0.15, 0.2) is 24.3 Å². The largest absolute Gasteiger partial charge is 0.388 e. The van der Waals surface area contributed by atoms with Gasteiger partial charge in [-0.2, -0.15) is 0 Å². The Hall–Kier alpha value is -2.27. The van der Waals surface area contributed by atoms with Gasteiger partial charge in [-0.05, 0) is 17.7 Å². The summed E-state index contributed by atoms with van der Waals surface area (Å²) in [5.41, 5.74) is 0.733. The molecule has 2 aliphatic rings. The van der Waals surface area contributed by atoms with Crippen LogP contribution in [-0.2, 0) is 20.8 Å². The van der Waals surface area contributed by atoms with Crippen LogP contribution in [0.4, 0.5) is 9.18 Å². The van der Waals surface area contributed by atoms with Crippen LogP contribution in [-0.4, -0.2) is 84.3 Å². The van der Waals surface area contributed by atoms with E-state index in [1.807, 2.05) is 0 Å². The van der Waals surface area contributed by atoms with Gasteiger partial charge in [-0.15, -0.1) is 0 Å². The van der Waals surface area contributed by atoms with Gasteiger partial charge in [0.1, 0.15) is 24.1 Å². The number of ether oxygens (including phenoxy) is 2. The van der Waals surface area contributed by atoms with Crippen LogP contribution in [0.1, 0.15) is 12.0 Å². The molecule has 2 saturated heterocycles. The van der Waals surface area contributed by atoms with Crippen LogP contribution in [0.3, 0.4) is 0 Å². The molecular weight excluding hydrogens is 385 g/mol. The molecule has 160 valence electrons. The highest BCUT2D eigenvalue weighted by molar-refractivity contribution is 5.76. The Morgan fingerprint density at radius 1 is 1.07 bits per heavy atom. The van der Waals surface area contributed by atoms with Crippen molar-refractivity contribution in [3.8, 4) is 0 Å². The lowest BCUT2D eigenvalue weighted by Crippen LogP contribution is -2.49. The molecule has 9 nitrogen and oxygen atoms in total. The maximum atomic E-state index is 12.9. The monoisotopic (exact) mass is 411 g/mol. The Kier molecular flexibility index (Phi) is 7.37. The lowest BCUT2D eigenvalue weighted by Gasteiger charge is -2.27. The topological polar surface area (TPSA) is 120 Å². The quantitative estimate of drug-likeness (QED) is 0.495. The number of hydrogen-bond donors (Lipinski definition) is 4. The number of aliphatic hydroxyl groups is 2. The fourth-order valence-electron chi connectivity index (χ4n) is 3.29. The summed E-state index contributed by atoms with van der Waals surface area (Å²) in [6, 6.07) is 5.44. The van der Waals surface area contributed by atoms with Crippen molar-refractivity contribution in [2.45, 2.75) is 37.4 Å². The fraction of sp³-hybridized carbons (Fsp3) is 0.579. The zero-order valence-electron chi connectivity index (χ0n) is 15.9. The number of rotatable bonds is 6. The molecule has 10 heteroatoms. The third-order valence-electron chi connectivity index (χ3n) is 5.00. The van der Waals surface area contributed by atoms with E-state index in [0.29, 0.717) is 26.3 Å². The van der Waals surface area contributed by atoms with E-state index in [9.17, 15) is 24.2 Å². The van der Waals surface area contributed by atoms with Crippen LogP contribution in [0.5, 0.6) is 0 Å². The van der Waals surface area contributed by atoms with Crippen molar-refractivity contribution in [2.75, 3.05) is 32.8 Å². The van der Waals surface area contributed by atoms with Crippen LogP contribution >= 0.6 is 0 Å². The molecule has 0 spiro atoms. The number of amides is 3. The molecule has 1 aromatic rings. The number of aliphatic hydroxyl groups excluding tert-OH is 2. The van der Waals surface area contributed by atoms with Crippen molar-refractivity contribution in [3.05, 3.63) is 35.6 Å². The highest BCUT2D eigenvalue weighted by atomic mass is 19.1. The number of urea groups is 1. The molecule has 3 rings (SSSR count). The molecule has 0 saturated carbocycles. The maximum Gasteiger partial charge on any atom is 0.317 e. The molecule has 4 unspecified atom stereocenters. The molecule has 0 radical (unpaired) electrons. The second-order valence-corrected chi connectivity index (χ2v) is 7.09. The molecule has 0 aromatic heterocycles. The summed E-state index contributed by atoms with van der Waals surface area (Å²) < 4.78 is 23.7. The first-order valence-corrected chi connectivity index (χ1v) is 9.57. The second kappa shape index (κ2) is 9.97. The first kappa shape index (κ1) is 21.4. The van der Waals surface area contributed by atoms with Crippen molar-refractivity contribution in [1.82, 2.24) is 15.5 Å². The molecule has 4 N–H and O–H groups in total. The van der Waals surface area contributed by atoms with E-state index in [4.69, 9.17) is 9.47 Å². The predicted molar refractivity (Wildman–Crippen MR) is 99.3 cm³/mol. The van der Waals surface area contributed by atoms with Crippen LogP contribution < -0.4 is 10.6 Å². The summed E-state index contributed by atoms with van der Waals surface area (Å²) in [6.07, 6.45) is -4.30. The molecule has 2 heterocycles. The second-order valence-electron chi connectivity index (χ2n) is 7.09. The van der Waals surface area contributed by atoms with Gasteiger partial charge in [0.15, 0.2) is 0 Å². The molecule has 0 aliphatic carbocycles. The summed E-state index contributed by atoms with van der Waals surface area (Å²) >= 11 is 0. The molecule has 0 bridgehead atoms. The van der Waals surface area contributed by atoms with Crippen LogP contribution in [0.25, 0.3) is 0 Å². The summed E-state index contributed by atoms with van der Waals surface area (Å²) in [5.74, 6) is -0.730. The average Bonchev–Trinajstić information content (AvgIpc) is 3.00. The first-order chi connectivity index (χ1) is 13.9. The van der Waals surface area contributed by atoms with E-state index in [1.165, 1.54) is 12.1 Å². The summed E-state index contributed by atoms with van der Waals surface area (Å²) in [6.45, 7) is 2.15. The van der Waals surface area contributed by atoms with Crippen molar-refractivity contribution in [3.63, 3.8) is 0 Å². The fourth-order valence-corrected chi connectivity index (χ4v) is 3.29. The number of nitrogens with zero attached hydrogens (tertiary/aromatic N) is 1. The van der Waals surface area contributed by atoms with E-state index < -0.39 is 24.4 Å². The predicted octanol–water partition coefficient (Wildman–Crippen LogP) is -0.637. The Morgan fingerprint density at radius 3 is 2.41 bits per heavy atom. The van der Waals surface area contributed by atoms with Crippen molar-refractivity contribution in [1.29, 1.82) is 0 Å². The van der Waals surface area contributed by atoms with Gasteiger partial charge in [0.2, 0.25) is 5.91 Å². The lowest BCUT2D eigenvalue weighted by molar-refractivity contribution is -0.125. The van der Waals surface area contributed by atoms with Gasteiger partial charge >= 0.3 is 6.03 Å². The number of halogens is 1. The zero-order chi connectivity index (χ0) is 20.8. The summed E-state index contributed by atoms with van der Waals surface area (Å²) in [5, 5.41) is 25.7. The zero-order valence-corrected chi connectivity index (χ0v) is 15.9. The number of carbonyl (C=O) groups excluding carboxylic acids is 2. The third kappa shape index (κ3) is 5.86. The van der Waals surface area contributed by atoms with Gasteiger partial charge in [-0.1, -0.05) is 12.1 Å². The minimum Gasteiger partial charge on any atom is -0.388 e. The standard InChI is InChI=1S/C19H26FN3O6/c20-13-3-1-12(2-4-13)10-21-16(24)9-14-17(25)18(26)15(29-14)11-22-19(27)23-5-7-28-8-6-23/h1-4,14-15,17-18,25-26H,5-11H2,(H,21,24)(H,22,27). The van der Waals surface area contributed by atoms with Crippen molar-refractivity contribution in [2.24, 2.45) is 0 Å². The first-order valence-electron chi connectivity index (χ1n) is 9.57. The smallest absolute Gasteiger partial charge is 0.317 e. The Labute approximate surface area is 167 Å². The van der Waals surface area contributed by atoms with Crippen molar-refractivity contribution < 1.29 is 33.7 Å². The molecule has 3 amide bonds. The Bertz CT molecular complexity index is 698. The number of benzene rings is 1. The van der Waals surface area contributed by atoms with Gasteiger partial charge in [-0.25, -0.2) is 9.18 Å². The van der Waals surface area contributed by atoms with Gasteiger partial charge < -0.3 is 35.2 Å². The highest BCUT2D eigenvalue weighted by Crippen LogP contribution is 2.23. The maximum absolute atomic E-state index is 12.9. The molecular formula is C19H26FN3O6. The van der Waals surface area contributed by atoms with E-state index >= 15 is 0 Å². The summed E-state index contributed by atoms with van der Waals surface area (Å²) in [7, 11) is 0.